The number of benzene rings is 2. The second-order valence-corrected chi connectivity index (χ2v) is 5.72. The number of carbonyl (C=O) groups is 1. The van der Waals surface area contributed by atoms with E-state index in [-0.39, 0.29) is 16.7 Å². The average Bonchev–Trinajstić information content (AvgIpc) is 2.67. The predicted octanol–water partition coefficient (Wildman–Crippen LogP) is 3.19. The molecule has 0 radical (unpaired) electrons. The van der Waals surface area contributed by atoms with Gasteiger partial charge < -0.3 is 5.11 Å². The van der Waals surface area contributed by atoms with Gasteiger partial charge in [-0.2, -0.15) is 5.26 Å². The zero-order chi connectivity index (χ0) is 24.0. The molecule has 0 amide bonds. The van der Waals surface area contributed by atoms with Crippen molar-refractivity contribution in [3.05, 3.63) is 87.0 Å². The van der Waals surface area contributed by atoms with Crippen LogP contribution in [0.15, 0.2) is 24.3 Å². The van der Waals surface area contributed by atoms with Gasteiger partial charge in [0.2, 0.25) is 0 Å². The highest BCUT2D eigenvalue weighted by atomic mass is 16.6. The largest absolute Gasteiger partial charge is 0.478 e. The summed E-state index contributed by atoms with van der Waals surface area (Å²) in [5, 5.41) is 59.4. The van der Waals surface area contributed by atoms with Crippen molar-refractivity contribution < 1.29 is 29.6 Å². The fourth-order valence-corrected chi connectivity index (χ4v) is 2.31. The van der Waals surface area contributed by atoms with Gasteiger partial charge >= 0.3 is 5.97 Å². The summed E-state index contributed by atoms with van der Waals surface area (Å²) in [5.41, 5.74) is -2.79. The number of carboxylic acid groups (broad SMARTS) is 1. The Morgan fingerprint density at radius 3 is 1.29 bits per heavy atom. The van der Waals surface area contributed by atoms with Crippen LogP contribution < -0.4 is 0 Å². The van der Waals surface area contributed by atoms with E-state index in [0.29, 0.717) is 0 Å². The van der Waals surface area contributed by atoms with Crippen molar-refractivity contribution in [1.29, 1.82) is 5.26 Å². The van der Waals surface area contributed by atoms with E-state index in [4.69, 9.17) is 10.4 Å². The summed E-state index contributed by atoms with van der Waals surface area (Å²) in [6, 6.07) is 5.26. The summed E-state index contributed by atoms with van der Waals surface area (Å²) < 4.78 is 0. The highest BCUT2D eigenvalue weighted by molar-refractivity contribution is 5.90. The molecule has 0 spiro atoms. The molecule has 0 saturated carbocycles. The van der Waals surface area contributed by atoms with E-state index in [9.17, 15) is 45.3 Å². The molecule has 15 heteroatoms. The Balaban J connectivity index is 0.000000311. The molecule has 0 fully saturated rings. The minimum Gasteiger partial charge on any atom is -0.478 e. The number of nitro groups is 4. The van der Waals surface area contributed by atoms with E-state index >= 15 is 0 Å². The van der Waals surface area contributed by atoms with Gasteiger partial charge in [0.1, 0.15) is 11.1 Å². The van der Waals surface area contributed by atoms with Gasteiger partial charge in [-0.15, -0.1) is 0 Å². The third-order valence-corrected chi connectivity index (χ3v) is 3.87. The Hall–Kier alpha value is -5.00. The summed E-state index contributed by atoms with van der Waals surface area (Å²) in [5.74, 6) is -1.45. The van der Waals surface area contributed by atoms with Crippen molar-refractivity contribution in [3.63, 3.8) is 0 Å². The molecular formula is C16H11N5O10. The summed E-state index contributed by atoms with van der Waals surface area (Å²) in [6.45, 7) is 2.47. The van der Waals surface area contributed by atoms with E-state index in [1.165, 1.54) is 13.8 Å². The van der Waals surface area contributed by atoms with Crippen molar-refractivity contribution >= 4 is 28.7 Å². The van der Waals surface area contributed by atoms with Crippen LogP contribution in [0.2, 0.25) is 0 Å². The van der Waals surface area contributed by atoms with Gasteiger partial charge in [0.25, 0.3) is 22.7 Å². The van der Waals surface area contributed by atoms with Crippen LogP contribution in [0.3, 0.4) is 0 Å². The number of nitriles is 1. The molecule has 0 heterocycles. The van der Waals surface area contributed by atoms with E-state index in [1.54, 1.807) is 6.07 Å². The molecule has 0 aliphatic carbocycles. The standard InChI is InChI=1S/C8H5N3O4.C8H6N2O6/c1-5-7(10(12)13)2-6(4-9)3-8(5)11(14)15;1-4-6(9(13)14)2-5(8(11)12)3-7(4)10(15)16/h2-3H,1H3;2-3H,1H3,(H,11,12). The topological polar surface area (TPSA) is 234 Å². The quantitative estimate of drug-likeness (QED) is 0.530. The third-order valence-electron chi connectivity index (χ3n) is 3.87. The van der Waals surface area contributed by atoms with Crippen LogP contribution in [-0.2, 0) is 0 Å². The highest BCUT2D eigenvalue weighted by Crippen LogP contribution is 2.30. The molecule has 0 aliphatic rings. The number of nitrogens with zero attached hydrogens (tertiary/aromatic N) is 5. The van der Waals surface area contributed by atoms with E-state index in [0.717, 1.165) is 24.3 Å². The van der Waals surface area contributed by atoms with E-state index in [2.05, 4.69) is 0 Å². The smallest absolute Gasteiger partial charge is 0.336 e. The minimum absolute atomic E-state index is 0.0519. The fraction of sp³-hybridized carbons (Fsp3) is 0.125. The zero-order valence-electron chi connectivity index (χ0n) is 15.7. The first-order valence-corrected chi connectivity index (χ1v) is 7.82. The van der Waals surface area contributed by atoms with Crippen molar-refractivity contribution in [2.45, 2.75) is 13.8 Å². The van der Waals surface area contributed by atoms with Crippen LogP contribution in [0.4, 0.5) is 22.7 Å². The van der Waals surface area contributed by atoms with Crippen molar-refractivity contribution in [1.82, 2.24) is 0 Å². The molecule has 0 atom stereocenters. The molecule has 0 unspecified atom stereocenters. The van der Waals surface area contributed by atoms with Crippen LogP contribution in [0.25, 0.3) is 0 Å². The van der Waals surface area contributed by atoms with Gasteiger partial charge in [0.15, 0.2) is 0 Å². The maximum Gasteiger partial charge on any atom is 0.336 e. The van der Waals surface area contributed by atoms with E-state index in [1.807, 2.05) is 0 Å². The molecule has 0 bridgehead atoms. The number of nitro benzene ring substituents is 4. The lowest BCUT2D eigenvalue weighted by atomic mass is 10.1. The minimum atomic E-state index is -1.45. The van der Waals surface area contributed by atoms with Crippen molar-refractivity contribution in [2.75, 3.05) is 0 Å². The Kier molecular flexibility index (Phi) is 7.34. The van der Waals surface area contributed by atoms with Gasteiger partial charge in [0.05, 0.1) is 36.9 Å². The van der Waals surface area contributed by atoms with Crippen LogP contribution in [0, 0.1) is 65.6 Å². The van der Waals surface area contributed by atoms with Gasteiger partial charge in [-0.05, 0) is 13.8 Å². The second-order valence-electron chi connectivity index (χ2n) is 5.72. The number of rotatable bonds is 5. The second kappa shape index (κ2) is 9.47. The van der Waals surface area contributed by atoms with Crippen LogP contribution in [-0.4, -0.2) is 30.8 Å². The lowest BCUT2D eigenvalue weighted by Crippen LogP contribution is -2.03. The molecule has 2 aromatic carbocycles. The highest BCUT2D eigenvalue weighted by Gasteiger charge is 2.25. The number of hydrogen-bond donors (Lipinski definition) is 1. The number of aromatic carboxylic acids is 1. The molecule has 0 aromatic heterocycles. The SMILES string of the molecule is Cc1c([N+](=O)[O-])cc(C#N)cc1[N+](=O)[O-].Cc1c([N+](=O)[O-])cc(C(=O)O)cc1[N+](=O)[O-]. The molecule has 2 rings (SSSR count). The Labute approximate surface area is 171 Å². The van der Waals surface area contributed by atoms with Gasteiger partial charge in [-0.25, -0.2) is 4.79 Å². The summed E-state index contributed by atoms with van der Waals surface area (Å²) in [4.78, 5) is 49.6. The van der Waals surface area contributed by atoms with Crippen molar-refractivity contribution in [3.8, 4) is 6.07 Å². The lowest BCUT2D eigenvalue weighted by molar-refractivity contribution is -0.395. The first-order chi connectivity index (χ1) is 14.3. The van der Waals surface area contributed by atoms with Crippen LogP contribution in [0.5, 0.6) is 0 Å². The monoisotopic (exact) mass is 433 g/mol. The molecule has 160 valence electrons. The molecular weight excluding hydrogens is 422 g/mol. The average molecular weight is 433 g/mol. The Morgan fingerprint density at radius 2 is 1.06 bits per heavy atom. The predicted molar refractivity (Wildman–Crippen MR) is 101 cm³/mol. The molecule has 2 aromatic rings. The third kappa shape index (κ3) is 5.51. The number of hydrogen-bond acceptors (Lipinski definition) is 10. The normalized spacial score (nSPS) is 9.58. The van der Waals surface area contributed by atoms with Crippen LogP contribution in [0.1, 0.15) is 27.0 Å². The first-order valence-electron chi connectivity index (χ1n) is 7.82. The molecule has 1 N–H and O–H groups in total. The summed E-state index contributed by atoms with van der Waals surface area (Å²) in [7, 11) is 0. The Bertz CT molecular complexity index is 1100. The maximum atomic E-state index is 10.6. The van der Waals surface area contributed by atoms with Gasteiger partial charge in [-0.3, -0.25) is 40.5 Å². The molecule has 0 saturated heterocycles. The zero-order valence-corrected chi connectivity index (χ0v) is 15.7. The molecule has 0 aliphatic heterocycles. The fourth-order valence-electron chi connectivity index (χ4n) is 2.31. The summed E-state index contributed by atoms with van der Waals surface area (Å²) in [6.07, 6.45) is 0. The van der Waals surface area contributed by atoms with Gasteiger partial charge in [0, 0.05) is 24.3 Å². The maximum absolute atomic E-state index is 10.6. The molecule has 15 nitrogen and oxygen atoms in total. The lowest BCUT2D eigenvalue weighted by Gasteiger charge is -2.00. The number of carboxylic acids is 1. The first kappa shape index (κ1) is 24.0. The molecule has 31 heavy (non-hydrogen) atoms. The summed E-state index contributed by atoms with van der Waals surface area (Å²) >= 11 is 0. The van der Waals surface area contributed by atoms with Crippen molar-refractivity contribution in [2.24, 2.45) is 0 Å². The van der Waals surface area contributed by atoms with Gasteiger partial charge in [-0.1, -0.05) is 0 Å². The Morgan fingerprint density at radius 1 is 0.774 bits per heavy atom. The van der Waals surface area contributed by atoms with E-state index < -0.39 is 54.0 Å². The van der Waals surface area contributed by atoms with Crippen LogP contribution >= 0.6 is 0 Å².